The van der Waals surface area contributed by atoms with Gasteiger partial charge in [0.05, 0.1) is 18.9 Å². The molecule has 1 aliphatic heterocycles. The molecular formula is C15H16N2O4. The monoisotopic (exact) mass is 288 g/mol. The maximum atomic E-state index is 11.2. The molecule has 1 aliphatic rings. The highest BCUT2D eigenvalue weighted by atomic mass is 16.5. The lowest BCUT2D eigenvalue weighted by molar-refractivity contribution is 0.0689. The molecule has 1 aromatic heterocycles. The molecule has 21 heavy (non-hydrogen) atoms. The Labute approximate surface area is 121 Å². The smallest absolute Gasteiger partial charge is 0.354 e. The van der Waals surface area contributed by atoms with Crippen molar-refractivity contribution in [2.45, 2.75) is 19.8 Å². The van der Waals surface area contributed by atoms with E-state index < -0.39 is 5.97 Å². The van der Waals surface area contributed by atoms with Gasteiger partial charge < -0.3 is 14.6 Å². The van der Waals surface area contributed by atoms with Crippen LogP contribution in [0.15, 0.2) is 18.2 Å². The largest absolute Gasteiger partial charge is 0.490 e. The second kappa shape index (κ2) is 5.47. The zero-order valence-electron chi connectivity index (χ0n) is 11.7. The quantitative estimate of drug-likeness (QED) is 0.906. The fraction of sp³-hybridized carbons (Fsp3) is 0.333. The van der Waals surface area contributed by atoms with Gasteiger partial charge in [0.15, 0.2) is 11.5 Å². The van der Waals surface area contributed by atoms with Crippen LogP contribution in [0.1, 0.15) is 29.4 Å². The third-order valence-corrected chi connectivity index (χ3v) is 3.46. The minimum atomic E-state index is -1.00. The molecule has 3 rings (SSSR count). The molecule has 0 aliphatic carbocycles. The average molecular weight is 288 g/mol. The molecule has 0 spiro atoms. The maximum absolute atomic E-state index is 11.2. The Morgan fingerprint density at radius 3 is 2.81 bits per heavy atom. The molecule has 2 heterocycles. The molecule has 2 aromatic rings. The maximum Gasteiger partial charge on any atom is 0.354 e. The number of aromatic carboxylic acids is 1. The summed E-state index contributed by atoms with van der Waals surface area (Å²) in [4.78, 5) is 11.2. The fourth-order valence-electron chi connectivity index (χ4n) is 2.44. The van der Waals surface area contributed by atoms with E-state index in [-0.39, 0.29) is 5.69 Å². The Kier molecular flexibility index (Phi) is 3.51. The van der Waals surface area contributed by atoms with Crippen LogP contribution < -0.4 is 9.47 Å². The molecule has 0 unspecified atom stereocenters. The van der Waals surface area contributed by atoms with Crippen molar-refractivity contribution >= 4 is 5.97 Å². The molecule has 0 amide bonds. The molecule has 0 saturated carbocycles. The zero-order chi connectivity index (χ0) is 14.8. The summed E-state index contributed by atoms with van der Waals surface area (Å²) in [6, 6.07) is 5.56. The summed E-state index contributed by atoms with van der Waals surface area (Å²) in [6.07, 6.45) is 1.43. The summed E-state index contributed by atoms with van der Waals surface area (Å²) in [7, 11) is 0. The third-order valence-electron chi connectivity index (χ3n) is 3.46. The Balaban J connectivity index is 2.05. The predicted octanol–water partition coefficient (Wildman–Crippen LogP) is 2.50. The first-order chi connectivity index (χ1) is 10.2. The van der Waals surface area contributed by atoms with E-state index in [1.165, 1.54) is 0 Å². The van der Waals surface area contributed by atoms with Crippen molar-refractivity contribution in [2.24, 2.45) is 0 Å². The number of aromatic amines is 1. The third kappa shape index (κ3) is 2.44. The van der Waals surface area contributed by atoms with Crippen LogP contribution >= 0.6 is 0 Å². The van der Waals surface area contributed by atoms with Gasteiger partial charge in [-0.25, -0.2) is 4.79 Å². The van der Waals surface area contributed by atoms with Crippen LogP contribution in [0.2, 0.25) is 0 Å². The molecule has 0 saturated heterocycles. The van der Waals surface area contributed by atoms with Crippen molar-refractivity contribution in [2.75, 3.05) is 13.2 Å². The molecule has 0 bridgehead atoms. The molecule has 110 valence electrons. The van der Waals surface area contributed by atoms with Gasteiger partial charge in [-0.05, 0) is 24.6 Å². The molecule has 0 radical (unpaired) electrons. The van der Waals surface area contributed by atoms with Gasteiger partial charge in [0.1, 0.15) is 5.69 Å². The number of nitrogens with one attached hydrogen (secondary N) is 1. The zero-order valence-corrected chi connectivity index (χ0v) is 11.7. The number of rotatable bonds is 3. The number of hydrogen-bond donors (Lipinski definition) is 2. The highest BCUT2D eigenvalue weighted by Crippen LogP contribution is 2.35. The van der Waals surface area contributed by atoms with Crippen molar-refractivity contribution in [1.29, 1.82) is 0 Å². The molecule has 6 heteroatoms. The Bertz CT molecular complexity index is 678. The minimum absolute atomic E-state index is 0.139. The van der Waals surface area contributed by atoms with E-state index in [2.05, 4.69) is 10.2 Å². The van der Waals surface area contributed by atoms with Crippen LogP contribution in [0.25, 0.3) is 11.3 Å². The summed E-state index contributed by atoms with van der Waals surface area (Å²) >= 11 is 0. The van der Waals surface area contributed by atoms with E-state index in [1.807, 2.05) is 25.1 Å². The predicted molar refractivity (Wildman–Crippen MR) is 76.0 cm³/mol. The number of fused-ring (bicyclic) bond motifs is 1. The van der Waals surface area contributed by atoms with E-state index in [0.717, 1.165) is 12.0 Å². The number of carbonyl (C=O) groups is 1. The van der Waals surface area contributed by atoms with Crippen molar-refractivity contribution in [3.8, 4) is 22.8 Å². The van der Waals surface area contributed by atoms with Crippen molar-refractivity contribution < 1.29 is 19.4 Å². The second-order valence-electron chi connectivity index (χ2n) is 4.80. The van der Waals surface area contributed by atoms with Gasteiger partial charge in [0, 0.05) is 17.5 Å². The van der Waals surface area contributed by atoms with Gasteiger partial charge in [0.2, 0.25) is 0 Å². The van der Waals surface area contributed by atoms with Gasteiger partial charge >= 0.3 is 5.97 Å². The molecule has 1 aromatic carbocycles. The number of benzene rings is 1. The highest BCUT2D eigenvalue weighted by Gasteiger charge is 2.20. The first kappa shape index (κ1) is 13.5. The molecule has 0 atom stereocenters. The normalized spacial score (nSPS) is 13.8. The van der Waals surface area contributed by atoms with Gasteiger partial charge in [-0.1, -0.05) is 6.92 Å². The summed E-state index contributed by atoms with van der Waals surface area (Å²) in [5, 5.41) is 15.9. The van der Waals surface area contributed by atoms with Gasteiger partial charge in [0.25, 0.3) is 0 Å². The van der Waals surface area contributed by atoms with Crippen LogP contribution in [0.5, 0.6) is 11.5 Å². The van der Waals surface area contributed by atoms with Crippen LogP contribution in [0.4, 0.5) is 0 Å². The van der Waals surface area contributed by atoms with E-state index >= 15 is 0 Å². The first-order valence-electron chi connectivity index (χ1n) is 6.91. The molecule has 0 fully saturated rings. The van der Waals surface area contributed by atoms with E-state index in [9.17, 15) is 9.90 Å². The second-order valence-corrected chi connectivity index (χ2v) is 4.80. The van der Waals surface area contributed by atoms with Crippen molar-refractivity contribution in [3.63, 3.8) is 0 Å². The number of carboxylic acid groups (broad SMARTS) is 1. The minimum Gasteiger partial charge on any atom is -0.490 e. The van der Waals surface area contributed by atoms with Crippen LogP contribution in [0, 0.1) is 0 Å². The summed E-state index contributed by atoms with van der Waals surface area (Å²) in [6.45, 7) is 3.15. The number of ether oxygens (including phenoxy) is 2. The van der Waals surface area contributed by atoms with Crippen LogP contribution in [-0.4, -0.2) is 34.5 Å². The molecular weight excluding hydrogens is 272 g/mol. The molecule has 2 N–H and O–H groups in total. The number of carboxylic acids is 1. The Morgan fingerprint density at radius 1 is 1.33 bits per heavy atom. The first-order valence-corrected chi connectivity index (χ1v) is 6.91. The van der Waals surface area contributed by atoms with Gasteiger partial charge in [-0.15, -0.1) is 0 Å². The van der Waals surface area contributed by atoms with Crippen molar-refractivity contribution in [1.82, 2.24) is 10.2 Å². The SMILES string of the molecule is CCc1c(-c2ccc3c(c2)OCCCO3)n[nH]c1C(=O)O. The number of nitrogens with zero attached hydrogens (tertiary/aromatic N) is 1. The fourth-order valence-corrected chi connectivity index (χ4v) is 2.44. The summed E-state index contributed by atoms with van der Waals surface area (Å²) in [5.74, 6) is 0.384. The Hall–Kier alpha value is -2.50. The van der Waals surface area contributed by atoms with Crippen LogP contribution in [-0.2, 0) is 6.42 Å². The lowest BCUT2D eigenvalue weighted by Gasteiger charge is -2.09. The molecule has 6 nitrogen and oxygen atoms in total. The highest BCUT2D eigenvalue weighted by molar-refractivity contribution is 5.89. The van der Waals surface area contributed by atoms with E-state index in [1.54, 1.807) is 0 Å². The number of hydrogen-bond acceptors (Lipinski definition) is 4. The van der Waals surface area contributed by atoms with Crippen molar-refractivity contribution in [3.05, 3.63) is 29.5 Å². The number of H-pyrrole nitrogens is 1. The Morgan fingerprint density at radius 2 is 2.10 bits per heavy atom. The van der Waals surface area contributed by atoms with Crippen LogP contribution in [0.3, 0.4) is 0 Å². The average Bonchev–Trinajstić information content (AvgIpc) is 2.78. The van der Waals surface area contributed by atoms with Gasteiger partial charge in [-0.3, -0.25) is 5.10 Å². The summed E-state index contributed by atoms with van der Waals surface area (Å²) in [5.41, 5.74) is 2.29. The number of aromatic nitrogens is 2. The summed E-state index contributed by atoms with van der Waals surface area (Å²) < 4.78 is 11.3. The van der Waals surface area contributed by atoms with E-state index in [4.69, 9.17) is 9.47 Å². The van der Waals surface area contributed by atoms with Gasteiger partial charge in [-0.2, -0.15) is 5.10 Å². The van der Waals surface area contributed by atoms with E-state index in [0.29, 0.717) is 42.4 Å². The topological polar surface area (TPSA) is 84.4 Å². The lowest BCUT2D eigenvalue weighted by Crippen LogP contribution is -2.00. The lowest BCUT2D eigenvalue weighted by atomic mass is 10.0. The standard InChI is InChI=1S/C15H16N2O4/c1-2-10-13(16-17-14(10)15(18)19)9-4-5-11-12(8-9)21-7-3-6-20-11/h4-5,8H,2-3,6-7H2,1H3,(H,16,17)(H,18,19).